The molecule has 0 fully saturated rings. The van der Waals surface area contributed by atoms with Crippen LogP contribution < -0.4 is 5.73 Å². The Morgan fingerprint density at radius 3 is 2.67 bits per heavy atom. The Bertz CT molecular complexity index is 677. The van der Waals surface area contributed by atoms with Crippen LogP contribution >= 0.6 is 0 Å². The summed E-state index contributed by atoms with van der Waals surface area (Å²) in [6, 6.07) is 0. The fourth-order valence-corrected chi connectivity index (χ4v) is 1.63. The van der Waals surface area contributed by atoms with Crippen LogP contribution in [0.2, 0.25) is 0 Å². The minimum Gasteiger partial charge on any atom is -0.394 e. The normalized spacial score (nSPS) is 15.1. The number of carbonyl (C=O) groups is 1. The second-order valence-electron chi connectivity index (χ2n) is 4.17. The lowest BCUT2D eigenvalue weighted by Crippen LogP contribution is -2.51. The molecule has 0 aliphatic rings. The summed E-state index contributed by atoms with van der Waals surface area (Å²) in [5.41, 5.74) is 5.14. The fraction of sp³-hybridized carbons (Fsp3) is 0.400. The highest BCUT2D eigenvalue weighted by atomic mass is 19.3. The lowest BCUT2D eigenvalue weighted by molar-refractivity contribution is -0.136. The summed E-state index contributed by atoms with van der Waals surface area (Å²) in [5.74, 6) is -6.34. The van der Waals surface area contributed by atoms with Gasteiger partial charge in [0.05, 0.1) is 6.61 Å². The third-order valence-electron chi connectivity index (χ3n) is 2.79. The number of nitrogen functional groups attached to an aromatic ring is 1. The van der Waals surface area contributed by atoms with Gasteiger partial charge in [-0.15, -0.1) is 0 Å². The number of nitrogens with two attached hydrogens (primary N) is 1. The monoisotopic (exact) mass is 303 g/mol. The van der Waals surface area contributed by atoms with E-state index >= 15 is 0 Å². The fourth-order valence-electron chi connectivity index (χ4n) is 1.63. The molecular formula is C10H11F2N5O4. The van der Waals surface area contributed by atoms with Gasteiger partial charge >= 0.3 is 11.8 Å². The smallest absolute Gasteiger partial charge is 0.353 e. The zero-order chi connectivity index (χ0) is 15.8. The van der Waals surface area contributed by atoms with Crippen molar-refractivity contribution in [2.75, 3.05) is 12.3 Å². The molecule has 21 heavy (non-hydrogen) atoms. The number of hydrogen-bond donors (Lipinski definition) is 4. The number of alkyl halides is 2. The van der Waals surface area contributed by atoms with Crippen LogP contribution in [0, 0.1) is 0 Å². The molecule has 114 valence electrons. The average molecular weight is 303 g/mol. The average Bonchev–Trinajstić information content (AvgIpc) is 2.89. The SMILES string of the molecule is Nc1ncnc2c1ncn2C(=O)C(F)(F)[C@H](O)[C@@H](O)CO. The first-order valence-electron chi connectivity index (χ1n) is 5.63. The van der Waals surface area contributed by atoms with Crippen molar-refractivity contribution >= 4 is 22.9 Å². The number of aromatic nitrogens is 4. The van der Waals surface area contributed by atoms with Gasteiger partial charge in [-0.25, -0.2) is 19.5 Å². The number of imidazole rings is 1. The van der Waals surface area contributed by atoms with E-state index in [1.165, 1.54) is 0 Å². The number of hydrogen-bond acceptors (Lipinski definition) is 8. The Balaban J connectivity index is 2.44. The van der Waals surface area contributed by atoms with Gasteiger partial charge in [0.1, 0.15) is 18.8 Å². The number of aliphatic hydroxyl groups is 3. The minimum absolute atomic E-state index is 0.0566. The van der Waals surface area contributed by atoms with E-state index in [0.29, 0.717) is 4.57 Å². The van der Waals surface area contributed by atoms with Crippen LogP contribution in [0.4, 0.5) is 14.6 Å². The zero-order valence-corrected chi connectivity index (χ0v) is 10.4. The van der Waals surface area contributed by atoms with Gasteiger partial charge in [-0.3, -0.25) is 4.79 Å². The highest BCUT2D eigenvalue weighted by molar-refractivity contribution is 5.95. The molecule has 0 aromatic carbocycles. The summed E-state index contributed by atoms with van der Waals surface area (Å²) in [6.07, 6.45) is -3.25. The number of anilines is 1. The van der Waals surface area contributed by atoms with Crippen LogP contribution in [-0.2, 0) is 0 Å². The van der Waals surface area contributed by atoms with Crippen LogP contribution in [0.5, 0.6) is 0 Å². The molecule has 2 rings (SSSR count). The standard InChI is InChI=1S/C10H11F2N5O4/c11-10(12,6(20)4(19)1-18)9(21)17-3-16-5-7(13)14-2-15-8(5)17/h2-4,6,18-20H,1H2,(H2,13,14,15)/t4-,6+/m0/s1. The maximum atomic E-state index is 13.8. The number of rotatable bonds is 4. The summed E-state index contributed by atoms with van der Waals surface area (Å²) in [4.78, 5) is 22.7. The molecule has 2 atom stereocenters. The molecule has 5 N–H and O–H groups in total. The molecule has 2 heterocycles. The Hall–Kier alpha value is -2.24. The van der Waals surface area contributed by atoms with Crippen molar-refractivity contribution < 1.29 is 28.9 Å². The minimum atomic E-state index is -4.37. The van der Waals surface area contributed by atoms with Gasteiger partial charge in [-0.1, -0.05) is 0 Å². The van der Waals surface area contributed by atoms with E-state index in [2.05, 4.69) is 15.0 Å². The summed E-state index contributed by atoms with van der Waals surface area (Å²) >= 11 is 0. The summed E-state index contributed by atoms with van der Waals surface area (Å²) in [6.45, 7) is -1.14. The van der Waals surface area contributed by atoms with Crippen LogP contribution in [-0.4, -0.2) is 65.5 Å². The van der Waals surface area contributed by atoms with E-state index in [9.17, 15) is 18.7 Å². The summed E-state index contributed by atoms with van der Waals surface area (Å²) in [7, 11) is 0. The third kappa shape index (κ3) is 2.41. The molecule has 0 aliphatic heterocycles. The molecule has 0 saturated heterocycles. The van der Waals surface area contributed by atoms with Crippen molar-refractivity contribution in [1.29, 1.82) is 0 Å². The number of halogens is 2. The maximum absolute atomic E-state index is 13.8. The molecule has 0 aliphatic carbocycles. The summed E-state index contributed by atoms with van der Waals surface area (Å²) < 4.78 is 28.1. The number of aliphatic hydroxyl groups excluding tert-OH is 3. The predicted molar refractivity (Wildman–Crippen MR) is 64.4 cm³/mol. The van der Waals surface area contributed by atoms with Gasteiger partial charge in [-0.2, -0.15) is 8.78 Å². The quantitative estimate of drug-likeness (QED) is 0.528. The lowest BCUT2D eigenvalue weighted by atomic mass is 10.1. The molecule has 9 nitrogen and oxygen atoms in total. The van der Waals surface area contributed by atoms with E-state index in [1.807, 2.05) is 0 Å². The van der Waals surface area contributed by atoms with Crippen LogP contribution in [0.15, 0.2) is 12.7 Å². The molecule has 2 aromatic rings. The Kier molecular flexibility index (Phi) is 3.80. The van der Waals surface area contributed by atoms with Gasteiger partial charge < -0.3 is 21.1 Å². The third-order valence-corrected chi connectivity index (χ3v) is 2.79. The summed E-state index contributed by atoms with van der Waals surface area (Å²) in [5, 5.41) is 26.9. The zero-order valence-electron chi connectivity index (χ0n) is 10.4. The van der Waals surface area contributed by atoms with Crippen molar-refractivity contribution in [1.82, 2.24) is 19.5 Å². The topological polar surface area (TPSA) is 147 Å². The predicted octanol–water partition coefficient (Wildman–Crippen LogP) is -1.60. The molecule has 0 unspecified atom stereocenters. The Labute approximate surface area is 115 Å². The molecule has 0 spiro atoms. The Morgan fingerprint density at radius 1 is 1.38 bits per heavy atom. The van der Waals surface area contributed by atoms with Crippen LogP contribution in [0.1, 0.15) is 4.79 Å². The second kappa shape index (κ2) is 5.27. The molecule has 0 saturated carbocycles. The van der Waals surface area contributed by atoms with Gasteiger partial charge in [-0.05, 0) is 0 Å². The van der Waals surface area contributed by atoms with Crippen molar-refractivity contribution in [3.05, 3.63) is 12.7 Å². The largest absolute Gasteiger partial charge is 0.394 e. The molecular weight excluding hydrogens is 292 g/mol. The first-order valence-corrected chi connectivity index (χ1v) is 5.63. The molecule has 0 bridgehead atoms. The van der Waals surface area contributed by atoms with E-state index < -0.39 is 30.6 Å². The van der Waals surface area contributed by atoms with Crippen LogP contribution in [0.25, 0.3) is 11.2 Å². The van der Waals surface area contributed by atoms with E-state index in [-0.39, 0.29) is 17.0 Å². The molecule has 11 heteroatoms. The molecule has 0 amide bonds. The number of fused-ring (bicyclic) bond motifs is 1. The highest BCUT2D eigenvalue weighted by Crippen LogP contribution is 2.26. The first kappa shape index (κ1) is 15.2. The van der Waals surface area contributed by atoms with Gasteiger partial charge in [0.2, 0.25) is 0 Å². The van der Waals surface area contributed by atoms with E-state index in [4.69, 9.17) is 15.9 Å². The van der Waals surface area contributed by atoms with E-state index in [1.54, 1.807) is 0 Å². The molecule has 2 aromatic heterocycles. The van der Waals surface area contributed by atoms with Gasteiger partial charge in [0, 0.05) is 0 Å². The lowest BCUT2D eigenvalue weighted by Gasteiger charge is -2.24. The van der Waals surface area contributed by atoms with Crippen molar-refractivity contribution in [2.45, 2.75) is 18.1 Å². The number of nitrogens with zero attached hydrogens (tertiary/aromatic N) is 4. The first-order chi connectivity index (χ1) is 9.80. The van der Waals surface area contributed by atoms with Crippen molar-refractivity contribution in [3.63, 3.8) is 0 Å². The molecule has 0 radical (unpaired) electrons. The van der Waals surface area contributed by atoms with Gasteiger partial charge in [0.25, 0.3) is 0 Å². The van der Waals surface area contributed by atoms with Crippen LogP contribution in [0.3, 0.4) is 0 Å². The van der Waals surface area contributed by atoms with E-state index in [0.717, 1.165) is 12.7 Å². The Morgan fingerprint density at radius 2 is 2.05 bits per heavy atom. The second-order valence-corrected chi connectivity index (χ2v) is 4.17. The van der Waals surface area contributed by atoms with Crippen molar-refractivity contribution in [2.24, 2.45) is 0 Å². The maximum Gasteiger partial charge on any atom is 0.353 e. The van der Waals surface area contributed by atoms with Crippen molar-refractivity contribution in [3.8, 4) is 0 Å². The highest BCUT2D eigenvalue weighted by Gasteiger charge is 2.51. The number of carbonyl (C=O) groups excluding carboxylic acids is 1. The van der Waals surface area contributed by atoms with Gasteiger partial charge in [0.15, 0.2) is 23.1 Å².